The molecule has 2 rings (SSSR count). The van der Waals surface area contributed by atoms with Crippen molar-refractivity contribution in [1.82, 2.24) is 15.6 Å². The molecule has 0 aliphatic rings. The van der Waals surface area contributed by atoms with Crippen molar-refractivity contribution in [3.8, 4) is 0 Å². The number of benzene rings is 1. The first-order chi connectivity index (χ1) is 13.3. The van der Waals surface area contributed by atoms with Gasteiger partial charge in [0.05, 0.1) is 32.1 Å². The second kappa shape index (κ2) is 15.5. The maximum Gasteiger partial charge on any atom is 0.191 e. The fraction of sp³-hybridized carbons (Fsp3) is 0.524. The molecule has 2 N–H and O–H groups in total. The quantitative estimate of drug-likeness (QED) is 0.201. The predicted octanol–water partition coefficient (Wildman–Crippen LogP) is 3.74. The maximum absolute atomic E-state index is 5.58. The Morgan fingerprint density at radius 2 is 1.79 bits per heavy atom. The van der Waals surface area contributed by atoms with Gasteiger partial charge in [0.25, 0.3) is 0 Å². The van der Waals surface area contributed by atoms with Crippen LogP contribution in [0.25, 0.3) is 10.8 Å². The molecule has 0 bridgehead atoms. The van der Waals surface area contributed by atoms with Gasteiger partial charge >= 0.3 is 0 Å². The minimum absolute atomic E-state index is 0. The molecular formula is C21H33IN4O2. The van der Waals surface area contributed by atoms with E-state index in [2.05, 4.69) is 46.6 Å². The molecule has 0 amide bonds. The zero-order chi connectivity index (χ0) is 19.2. The lowest BCUT2D eigenvalue weighted by Crippen LogP contribution is -2.39. The van der Waals surface area contributed by atoms with Crippen LogP contribution < -0.4 is 10.6 Å². The number of guanidine groups is 1. The highest BCUT2D eigenvalue weighted by Crippen LogP contribution is 2.16. The molecule has 0 aliphatic heterocycles. The van der Waals surface area contributed by atoms with Crippen LogP contribution in [0, 0.1) is 0 Å². The highest BCUT2D eigenvalue weighted by atomic mass is 127. The average Bonchev–Trinajstić information content (AvgIpc) is 2.70. The van der Waals surface area contributed by atoms with E-state index in [1.807, 2.05) is 24.4 Å². The molecule has 1 heterocycles. The van der Waals surface area contributed by atoms with E-state index in [0.717, 1.165) is 43.0 Å². The standard InChI is InChI=1S/C21H32N4O2.HI/c1-3-5-13-26-15-16-27-14-12-24-21(22-4-2)25-17-20-19-9-7-6-8-18(19)10-11-23-20;/h6-11H,3-5,12-17H2,1-2H3,(H2,22,24,25);1H. The highest BCUT2D eigenvalue weighted by Gasteiger charge is 2.02. The van der Waals surface area contributed by atoms with Crippen molar-refractivity contribution in [3.05, 3.63) is 42.2 Å². The number of hydrogen-bond donors (Lipinski definition) is 2. The first-order valence-corrected chi connectivity index (χ1v) is 9.85. The second-order valence-electron chi connectivity index (χ2n) is 6.18. The number of pyridine rings is 1. The van der Waals surface area contributed by atoms with E-state index in [4.69, 9.17) is 9.47 Å². The summed E-state index contributed by atoms with van der Waals surface area (Å²) in [5.41, 5.74) is 0.978. The summed E-state index contributed by atoms with van der Waals surface area (Å²) in [4.78, 5) is 9.14. The van der Waals surface area contributed by atoms with Crippen LogP contribution in [0.2, 0.25) is 0 Å². The number of nitrogens with one attached hydrogen (secondary N) is 2. The van der Waals surface area contributed by atoms with E-state index < -0.39 is 0 Å². The van der Waals surface area contributed by atoms with Crippen LogP contribution in [0.4, 0.5) is 0 Å². The van der Waals surface area contributed by atoms with Gasteiger partial charge in [0.15, 0.2) is 5.96 Å². The molecule has 0 spiro atoms. The van der Waals surface area contributed by atoms with Crippen molar-refractivity contribution in [3.63, 3.8) is 0 Å². The molecule has 0 unspecified atom stereocenters. The Kier molecular flexibility index (Phi) is 13.6. The van der Waals surface area contributed by atoms with Gasteiger partial charge in [0.2, 0.25) is 0 Å². The number of hydrogen-bond acceptors (Lipinski definition) is 4. The van der Waals surface area contributed by atoms with E-state index in [-0.39, 0.29) is 24.0 Å². The van der Waals surface area contributed by atoms with Gasteiger partial charge < -0.3 is 20.1 Å². The average molecular weight is 500 g/mol. The fourth-order valence-electron chi connectivity index (χ4n) is 2.61. The van der Waals surface area contributed by atoms with Crippen LogP contribution in [0.1, 0.15) is 32.4 Å². The number of ether oxygens (including phenoxy) is 2. The number of aliphatic imine (C=N–C) groups is 1. The van der Waals surface area contributed by atoms with Gasteiger partial charge in [-0.25, -0.2) is 4.99 Å². The number of fused-ring (bicyclic) bond motifs is 1. The van der Waals surface area contributed by atoms with Crippen molar-refractivity contribution in [2.24, 2.45) is 4.99 Å². The molecule has 1 aromatic heterocycles. The third-order valence-electron chi connectivity index (χ3n) is 4.04. The van der Waals surface area contributed by atoms with E-state index in [1.54, 1.807) is 0 Å². The summed E-state index contributed by atoms with van der Waals surface area (Å²) < 4.78 is 11.1. The third-order valence-corrected chi connectivity index (χ3v) is 4.04. The van der Waals surface area contributed by atoms with Crippen molar-refractivity contribution in [1.29, 1.82) is 0 Å². The lowest BCUT2D eigenvalue weighted by molar-refractivity contribution is 0.0487. The molecule has 0 fully saturated rings. The monoisotopic (exact) mass is 500 g/mol. The summed E-state index contributed by atoms with van der Waals surface area (Å²) in [6, 6.07) is 10.3. The molecule has 0 atom stereocenters. The minimum atomic E-state index is 0. The Bertz CT molecular complexity index is 692. The minimum Gasteiger partial charge on any atom is -0.379 e. The van der Waals surface area contributed by atoms with Gasteiger partial charge in [-0.05, 0) is 24.8 Å². The Morgan fingerprint density at radius 3 is 2.57 bits per heavy atom. The number of aromatic nitrogens is 1. The molecule has 0 radical (unpaired) electrons. The van der Waals surface area contributed by atoms with Crippen LogP contribution in [-0.4, -0.2) is 50.5 Å². The molecule has 7 heteroatoms. The zero-order valence-electron chi connectivity index (χ0n) is 16.9. The van der Waals surface area contributed by atoms with Gasteiger partial charge in [-0.15, -0.1) is 24.0 Å². The lowest BCUT2D eigenvalue weighted by atomic mass is 10.1. The summed E-state index contributed by atoms with van der Waals surface area (Å²) >= 11 is 0. The van der Waals surface area contributed by atoms with Crippen LogP contribution in [-0.2, 0) is 16.0 Å². The summed E-state index contributed by atoms with van der Waals surface area (Å²) in [6.45, 7) is 8.96. The molecule has 0 saturated heterocycles. The van der Waals surface area contributed by atoms with Gasteiger partial charge in [0.1, 0.15) is 0 Å². The summed E-state index contributed by atoms with van der Waals surface area (Å²) in [7, 11) is 0. The Morgan fingerprint density at radius 1 is 1.00 bits per heavy atom. The highest BCUT2D eigenvalue weighted by molar-refractivity contribution is 14.0. The molecule has 28 heavy (non-hydrogen) atoms. The number of halogens is 1. The molecular weight excluding hydrogens is 467 g/mol. The van der Waals surface area contributed by atoms with Crippen LogP contribution in [0.3, 0.4) is 0 Å². The number of rotatable bonds is 12. The Balaban J connectivity index is 0.00000392. The molecule has 1 aromatic carbocycles. The topological polar surface area (TPSA) is 67.8 Å². The van der Waals surface area contributed by atoms with E-state index in [1.165, 1.54) is 5.39 Å². The lowest BCUT2D eigenvalue weighted by Gasteiger charge is -2.12. The molecule has 0 aliphatic carbocycles. The van der Waals surface area contributed by atoms with E-state index in [9.17, 15) is 0 Å². The largest absolute Gasteiger partial charge is 0.379 e. The Hall–Kier alpha value is -1.45. The maximum atomic E-state index is 5.58. The summed E-state index contributed by atoms with van der Waals surface area (Å²) in [5, 5.41) is 8.88. The smallest absolute Gasteiger partial charge is 0.191 e. The molecule has 156 valence electrons. The van der Waals surface area contributed by atoms with Gasteiger partial charge in [0, 0.05) is 31.3 Å². The van der Waals surface area contributed by atoms with E-state index >= 15 is 0 Å². The van der Waals surface area contributed by atoms with Crippen molar-refractivity contribution in [2.75, 3.05) is 39.5 Å². The van der Waals surface area contributed by atoms with Gasteiger partial charge in [-0.1, -0.05) is 37.6 Å². The van der Waals surface area contributed by atoms with Gasteiger partial charge in [-0.3, -0.25) is 4.98 Å². The first kappa shape index (κ1) is 24.6. The van der Waals surface area contributed by atoms with Crippen molar-refractivity contribution < 1.29 is 9.47 Å². The normalized spacial score (nSPS) is 11.3. The van der Waals surface area contributed by atoms with Crippen LogP contribution >= 0.6 is 24.0 Å². The van der Waals surface area contributed by atoms with Crippen molar-refractivity contribution in [2.45, 2.75) is 33.2 Å². The predicted molar refractivity (Wildman–Crippen MR) is 127 cm³/mol. The van der Waals surface area contributed by atoms with E-state index in [0.29, 0.717) is 32.9 Å². The molecule has 0 saturated carbocycles. The first-order valence-electron chi connectivity index (χ1n) is 9.85. The molecule has 6 nitrogen and oxygen atoms in total. The second-order valence-corrected chi connectivity index (χ2v) is 6.18. The fourth-order valence-corrected chi connectivity index (χ4v) is 2.61. The van der Waals surface area contributed by atoms with Gasteiger partial charge in [-0.2, -0.15) is 0 Å². The number of unbranched alkanes of at least 4 members (excludes halogenated alkanes) is 1. The summed E-state index contributed by atoms with van der Waals surface area (Å²) in [5.74, 6) is 0.773. The third kappa shape index (κ3) is 9.16. The van der Waals surface area contributed by atoms with Crippen molar-refractivity contribution >= 4 is 40.7 Å². The zero-order valence-corrected chi connectivity index (χ0v) is 19.3. The molecule has 2 aromatic rings. The Labute approximate surface area is 185 Å². The number of nitrogens with zero attached hydrogens (tertiary/aromatic N) is 2. The SMILES string of the molecule is CCCCOCCOCCNC(=NCc1nccc2ccccc12)NCC.I. The van der Waals surface area contributed by atoms with Crippen LogP contribution in [0.15, 0.2) is 41.5 Å². The summed E-state index contributed by atoms with van der Waals surface area (Å²) in [6.07, 6.45) is 4.10. The van der Waals surface area contributed by atoms with Crippen LogP contribution in [0.5, 0.6) is 0 Å².